The molecule has 1 aromatic heterocycles. The van der Waals surface area contributed by atoms with Gasteiger partial charge in [-0.05, 0) is 36.9 Å². The first kappa shape index (κ1) is 12.3. The van der Waals surface area contributed by atoms with Gasteiger partial charge in [-0.1, -0.05) is 29.4 Å². The highest BCUT2D eigenvalue weighted by Gasteiger charge is 2.28. The van der Waals surface area contributed by atoms with Crippen LogP contribution in [0.1, 0.15) is 47.7 Å². The van der Waals surface area contributed by atoms with Crippen molar-refractivity contribution >= 4 is 0 Å². The minimum atomic E-state index is -0.761. The highest BCUT2D eigenvalue weighted by atomic mass is 16.5. The van der Waals surface area contributed by atoms with Crippen molar-refractivity contribution in [3.63, 3.8) is 0 Å². The summed E-state index contributed by atoms with van der Waals surface area (Å²) in [6, 6.07) is 8.33. The van der Waals surface area contributed by atoms with Crippen LogP contribution in [0.2, 0.25) is 0 Å². The third-order valence-electron chi connectivity index (χ3n) is 3.63. The van der Waals surface area contributed by atoms with E-state index in [0.29, 0.717) is 18.8 Å². The summed E-state index contributed by atoms with van der Waals surface area (Å²) in [4.78, 5) is 4.33. The highest BCUT2D eigenvalue weighted by Crippen LogP contribution is 2.36. The fourth-order valence-corrected chi connectivity index (χ4v) is 2.63. The van der Waals surface area contributed by atoms with Crippen molar-refractivity contribution in [1.82, 2.24) is 10.1 Å². The van der Waals surface area contributed by atoms with Crippen molar-refractivity contribution in [1.29, 1.82) is 0 Å². The third kappa shape index (κ3) is 2.27. The van der Waals surface area contributed by atoms with Gasteiger partial charge in [0.05, 0.1) is 0 Å². The molecule has 1 aromatic carbocycles. The first-order valence-electron chi connectivity index (χ1n) is 6.59. The summed E-state index contributed by atoms with van der Waals surface area (Å²) in [5.41, 5.74) is 8.02. The Labute approximate surface area is 111 Å². The predicted octanol–water partition coefficient (Wildman–Crippen LogP) is 1.53. The number of aryl methyl sites for hydroxylation is 1. The average molecular weight is 259 g/mol. The van der Waals surface area contributed by atoms with Crippen LogP contribution in [-0.2, 0) is 6.42 Å². The third-order valence-corrected chi connectivity index (χ3v) is 3.63. The standard InChI is InChI=1S/C14H17N3O2/c15-8-7-12(18)14-16-13(17-19-14)11-6-5-9-3-1-2-4-10(9)11/h1-4,11-12,18H,5-8,15H2. The SMILES string of the molecule is NCCC(O)c1nc(C2CCc3ccccc32)no1. The van der Waals surface area contributed by atoms with E-state index < -0.39 is 6.10 Å². The second-order valence-corrected chi connectivity index (χ2v) is 4.87. The minimum Gasteiger partial charge on any atom is -0.383 e. The summed E-state index contributed by atoms with van der Waals surface area (Å²) in [6.45, 7) is 0.394. The molecule has 0 saturated carbocycles. The monoisotopic (exact) mass is 259 g/mol. The van der Waals surface area contributed by atoms with E-state index in [1.54, 1.807) is 0 Å². The number of aliphatic hydroxyl groups is 1. The first-order chi connectivity index (χ1) is 9.29. The molecule has 2 unspecified atom stereocenters. The number of hydrogen-bond donors (Lipinski definition) is 2. The zero-order chi connectivity index (χ0) is 13.2. The van der Waals surface area contributed by atoms with Crippen molar-refractivity contribution in [2.75, 3.05) is 6.54 Å². The van der Waals surface area contributed by atoms with E-state index in [-0.39, 0.29) is 11.8 Å². The van der Waals surface area contributed by atoms with Crippen molar-refractivity contribution < 1.29 is 9.63 Å². The summed E-state index contributed by atoms with van der Waals surface area (Å²) in [7, 11) is 0. The molecule has 2 aromatic rings. The molecule has 2 atom stereocenters. The maximum absolute atomic E-state index is 9.80. The highest BCUT2D eigenvalue weighted by molar-refractivity contribution is 5.38. The number of benzene rings is 1. The smallest absolute Gasteiger partial charge is 0.255 e. The average Bonchev–Trinajstić information content (AvgIpc) is 3.05. The van der Waals surface area contributed by atoms with Crippen LogP contribution in [0, 0.1) is 0 Å². The molecule has 1 aliphatic rings. The largest absolute Gasteiger partial charge is 0.383 e. The van der Waals surface area contributed by atoms with Crippen LogP contribution < -0.4 is 5.73 Å². The Bertz CT molecular complexity index is 567. The zero-order valence-corrected chi connectivity index (χ0v) is 10.6. The van der Waals surface area contributed by atoms with Crippen molar-refractivity contribution in [3.8, 4) is 0 Å². The van der Waals surface area contributed by atoms with E-state index in [1.165, 1.54) is 11.1 Å². The van der Waals surface area contributed by atoms with Gasteiger partial charge in [0.2, 0.25) is 0 Å². The number of aromatic nitrogens is 2. The van der Waals surface area contributed by atoms with E-state index in [1.807, 2.05) is 12.1 Å². The van der Waals surface area contributed by atoms with E-state index in [2.05, 4.69) is 22.3 Å². The Morgan fingerprint density at radius 2 is 2.26 bits per heavy atom. The van der Waals surface area contributed by atoms with Gasteiger partial charge in [-0.15, -0.1) is 0 Å². The van der Waals surface area contributed by atoms with Gasteiger partial charge in [0.1, 0.15) is 6.10 Å². The molecule has 5 nitrogen and oxygen atoms in total. The fraction of sp³-hybridized carbons (Fsp3) is 0.429. The number of hydrogen-bond acceptors (Lipinski definition) is 5. The van der Waals surface area contributed by atoms with Crippen LogP contribution in [0.4, 0.5) is 0 Å². The fourth-order valence-electron chi connectivity index (χ4n) is 2.63. The van der Waals surface area contributed by atoms with Crippen LogP contribution in [0.5, 0.6) is 0 Å². The van der Waals surface area contributed by atoms with Gasteiger partial charge < -0.3 is 15.4 Å². The second kappa shape index (κ2) is 5.11. The molecule has 0 spiro atoms. The summed E-state index contributed by atoms with van der Waals surface area (Å²) in [5.74, 6) is 1.11. The summed E-state index contributed by atoms with van der Waals surface area (Å²) >= 11 is 0. The van der Waals surface area contributed by atoms with E-state index in [4.69, 9.17) is 10.3 Å². The van der Waals surface area contributed by atoms with E-state index in [9.17, 15) is 5.11 Å². The lowest BCUT2D eigenvalue weighted by Gasteiger charge is -2.05. The van der Waals surface area contributed by atoms with Crippen molar-refractivity contribution in [2.45, 2.75) is 31.3 Å². The molecule has 0 amide bonds. The number of fused-ring (bicyclic) bond motifs is 1. The Kier molecular flexibility index (Phi) is 3.31. The predicted molar refractivity (Wildman–Crippen MR) is 69.5 cm³/mol. The molecule has 1 aliphatic carbocycles. The van der Waals surface area contributed by atoms with Gasteiger partial charge in [0, 0.05) is 5.92 Å². The first-order valence-corrected chi connectivity index (χ1v) is 6.59. The van der Waals surface area contributed by atoms with Crippen molar-refractivity contribution in [2.24, 2.45) is 5.73 Å². The lowest BCUT2D eigenvalue weighted by atomic mass is 10.0. The molecule has 0 fully saturated rings. The van der Waals surface area contributed by atoms with Gasteiger partial charge in [-0.2, -0.15) is 4.98 Å². The van der Waals surface area contributed by atoms with Crippen LogP contribution in [0.3, 0.4) is 0 Å². The minimum absolute atomic E-state index is 0.179. The molecule has 5 heteroatoms. The molecule has 3 rings (SSSR count). The molecular weight excluding hydrogens is 242 g/mol. The van der Waals surface area contributed by atoms with Crippen molar-refractivity contribution in [3.05, 3.63) is 47.1 Å². The summed E-state index contributed by atoms with van der Waals surface area (Å²) < 4.78 is 5.14. The Balaban J connectivity index is 1.85. The van der Waals surface area contributed by atoms with Crippen LogP contribution in [-0.4, -0.2) is 21.8 Å². The maximum atomic E-state index is 9.80. The van der Waals surface area contributed by atoms with Gasteiger partial charge in [-0.3, -0.25) is 0 Å². The van der Waals surface area contributed by atoms with Crippen LogP contribution in [0.15, 0.2) is 28.8 Å². The van der Waals surface area contributed by atoms with Gasteiger partial charge in [0.25, 0.3) is 5.89 Å². The molecule has 3 N–H and O–H groups in total. The molecule has 19 heavy (non-hydrogen) atoms. The second-order valence-electron chi connectivity index (χ2n) is 4.87. The normalized spacial score (nSPS) is 19.4. The van der Waals surface area contributed by atoms with E-state index >= 15 is 0 Å². The lowest BCUT2D eigenvalue weighted by Crippen LogP contribution is -2.07. The topological polar surface area (TPSA) is 85.2 Å². The molecule has 0 bridgehead atoms. The zero-order valence-electron chi connectivity index (χ0n) is 10.6. The molecule has 0 saturated heterocycles. The maximum Gasteiger partial charge on any atom is 0.255 e. The van der Waals surface area contributed by atoms with Gasteiger partial charge in [0.15, 0.2) is 5.82 Å². The molecule has 1 heterocycles. The van der Waals surface area contributed by atoms with Gasteiger partial charge >= 0.3 is 0 Å². The van der Waals surface area contributed by atoms with Crippen LogP contribution >= 0.6 is 0 Å². The Hall–Kier alpha value is -1.72. The number of nitrogens with two attached hydrogens (primary N) is 1. The van der Waals surface area contributed by atoms with E-state index in [0.717, 1.165) is 12.8 Å². The number of nitrogens with zero attached hydrogens (tertiary/aromatic N) is 2. The Morgan fingerprint density at radius 3 is 3.11 bits per heavy atom. The number of rotatable bonds is 4. The molecule has 100 valence electrons. The van der Waals surface area contributed by atoms with Crippen LogP contribution in [0.25, 0.3) is 0 Å². The number of aliphatic hydroxyl groups excluding tert-OH is 1. The Morgan fingerprint density at radius 1 is 1.42 bits per heavy atom. The lowest BCUT2D eigenvalue weighted by molar-refractivity contribution is 0.127. The molecule has 0 aliphatic heterocycles. The summed E-state index contributed by atoms with van der Waals surface area (Å²) in [6.07, 6.45) is 1.70. The quantitative estimate of drug-likeness (QED) is 0.869. The molecular formula is C14H17N3O2. The summed E-state index contributed by atoms with van der Waals surface area (Å²) in [5, 5.41) is 13.8. The molecule has 0 radical (unpaired) electrons. The van der Waals surface area contributed by atoms with Gasteiger partial charge in [-0.25, -0.2) is 0 Å².